The molecule has 23 heavy (non-hydrogen) atoms. The summed E-state index contributed by atoms with van der Waals surface area (Å²) in [6, 6.07) is 8.02. The zero-order chi connectivity index (χ0) is 16.9. The first-order valence-electron chi connectivity index (χ1n) is 7.76. The first-order chi connectivity index (χ1) is 10.8. The molecule has 0 saturated carbocycles. The molecule has 5 nitrogen and oxygen atoms in total. The second-order valence-electron chi connectivity index (χ2n) is 6.50. The molecular formula is C17H23N3O2S. The predicted molar refractivity (Wildman–Crippen MR) is 93.5 cm³/mol. The molecule has 0 bridgehead atoms. The lowest BCUT2D eigenvalue weighted by atomic mass is 10.1. The van der Waals surface area contributed by atoms with Crippen LogP contribution in [0.5, 0.6) is 0 Å². The van der Waals surface area contributed by atoms with Crippen LogP contribution in [0, 0.1) is 0 Å². The number of hydrogen-bond donors (Lipinski definition) is 2. The van der Waals surface area contributed by atoms with Crippen molar-refractivity contribution in [2.75, 3.05) is 6.54 Å². The Bertz CT molecular complexity index is 655. The summed E-state index contributed by atoms with van der Waals surface area (Å²) in [5.74, 6) is -0.271. The van der Waals surface area contributed by atoms with E-state index in [0.29, 0.717) is 6.42 Å². The van der Waals surface area contributed by atoms with Crippen molar-refractivity contribution in [1.29, 1.82) is 0 Å². The van der Waals surface area contributed by atoms with Crippen LogP contribution in [-0.4, -0.2) is 28.9 Å². The van der Waals surface area contributed by atoms with Crippen molar-refractivity contribution in [3.05, 3.63) is 29.3 Å². The molecule has 1 aromatic heterocycles. The standard InChI is InChI=1S/C17H23N3O2S/c1-17(2,3)20-15(22)11-18-14(21)9-6-10-16-19-12-7-4-5-8-13(12)23-16/h4-5,7-8H,6,9-11H2,1-3H3,(H,18,21)(H,20,22). The number of para-hydroxylation sites is 1. The number of thiazole rings is 1. The van der Waals surface area contributed by atoms with Crippen molar-refractivity contribution in [1.82, 2.24) is 15.6 Å². The lowest BCUT2D eigenvalue weighted by Gasteiger charge is -2.20. The highest BCUT2D eigenvalue weighted by Crippen LogP contribution is 2.22. The number of amides is 2. The van der Waals surface area contributed by atoms with Crippen LogP contribution in [0.25, 0.3) is 10.2 Å². The van der Waals surface area contributed by atoms with Crippen LogP contribution in [0.2, 0.25) is 0 Å². The Labute approximate surface area is 140 Å². The van der Waals surface area contributed by atoms with Gasteiger partial charge in [-0.1, -0.05) is 12.1 Å². The summed E-state index contributed by atoms with van der Waals surface area (Å²) in [7, 11) is 0. The lowest BCUT2D eigenvalue weighted by Crippen LogP contribution is -2.45. The van der Waals surface area contributed by atoms with Gasteiger partial charge in [-0.15, -0.1) is 11.3 Å². The predicted octanol–water partition coefficient (Wildman–Crippen LogP) is 2.65. The molecule has 2 amide bonds. The first kappa shape index (κ1) is 17.4. The summed E-state index contributed by atoms with van der Waals surface area (Å²) in [5, 5.41) is 6.51. The number of carbonyl (C=O) groups is 2. The summed E-state index contributed by atoms with van der Waals surface area (Å²) in [5.41, 5.74) is 0.727. The maximum atomic E-state index is 11.8. The van der Waals surface area contributed by atoms with Gasteiger partial charge in [-0.2, -0.15) is 0 Å². The third kappa shape index (κ3) is 5.98. The normalized spacial score (nSPS) is 11.4. The zero-order valence-corrected chi connectivity index (χ0v) is 14.6. The third-order valence-corrected chi connectivity index (χ3v) is 4.19. The quantitative estimate of drug-likeness (QED) is 0.854. The molecule has 0 fully saturated rings. The van der Waals surface area contributed by atoms with Crippen LogP contribution in [0.3, 0.4) is 0 Å². The smallest absolute Gasteiger partial charge is 0.239 e. The highest BCUT2D eigenvalue weighted by molar-refractivity contribution is 7.18. The average molecular weight is 333 g/mol. The van der Waals surface area contributed by atoms with E-state index in [9.17, 15) is 9.59 Å². The number of nitrogens with zero attached hydrogens (tertiary/aromatic N) is 1. The van der Waals surface area contributed by atoms with Crippen molar-refractivity contribution in [3.8, 4) is 0 Å². The minimum absolute atomic E-state index is 0.0250. The van der Waals surface area contributed by atoms with E-state index in [1.165, 1.54) is 4.70 Å². The van der Waals surface area contributed by atoms with E-state index in [-0.39, 0.29) is 23.9 Å². The second kappa shape index (κ2) is 7.55. The summed E-state index contributed by atoms with van der Waals surface area (Å²) in [4.78, 5) is 27.9. The average Bonchev–Trinajstić information content (AvgIpc) is 2.86. The fourth-order valence-electron chi connectivity index (χ4n) is 2.16. The van der Waals surface area contributed by atoms with Gasteiger partial charge in [0.2, 0.25) is 11.8 Å². The number of aryl methyl sites for hydroxylation is 1. The molecular weight excluding hydrogens is 310 g/mol. The highest BCUT2D eigenvalue weighted by Gasteiger charge is 2.14. The van der Waals surface area contributed by atoms with Crippen molar-refractivity contribution in [3.63, 3.8) is 0 Å². The molecule has 2 rings (SSSR count). The van der Waals surface area contributed by atoms with Crippen LogP contribution < -0.4 is 10.6 Å². The Kier molecular flexibility index (Phi) is 5.71. The minimum Gasteiger partial charge on any atom is -0.350 e. The number of carbonyl (C=O) groups excluding carboxylic acids is 2. The van der Waals surface area contributed by atoms with E-state index in [4.69, 9.17) is 0 Å². The van der Waals surface area contributed by atoms with Gasteiger partial charge in [0.1, 0.15) is 0 Å². The Hall–Kier alpha value is -1.95. The van der Waals surface area contributed by atoms with E-state index < -0.39 is 0 Å². The van der Waals surface area contributed by atoms with Gasteiger partial charge in [0.15, 0.2) is 0 Å². The fraction of sp³-hybridized carbons (Fsp3) is 0.471. The van der Waals surface area contributed by atoms with E-state index >= 15 is 0 Å². The van der Waals surface area contributed by atoms with Gasteiger partial charge >= 0.3 is 0 Å². The monoisotopic (exact) mass is 333 g/mol. The van der Waals surface area contributed by atoms with Gasteiger partial charge < -0.3 is 10.6 Å². The van der Waals surface area contributed by atoms with Crippen LogP contribution in [-0.2, 0) is 16.0 Å². The Morgan fingerprint density at radius 2 is 1.91 bits per heavy atom. The number of rotatable bonds is 6. The Morgan fingerprint density at radius 3 is 2.61 bits per heavy atom. The van der Waals surface area contributed by atoms with E-state index in [2.05, 4.69) is 21.7 Å². The molecule has 0 radical (unpaired) electrons. The molecule has 6 heteroatoms. The molecule has 0 saturated heterocycles. The minimum atomic E-state index is -0.283. The number of nitrogens with one attached hydrogen (secondary N) is 2. The van der Waals surface area contributed by atoms with E-state index in [1.807, 2.05) is 39.0 Å². The van der Waals surface area contributed by atoms with E-state index in [0.717, 1.165) is 23.4 Å². The number of fused-ring (bicyclic) bond motifs is 1. The van der Waals surface area contributed by atoms with Crippen LogP contribution >= 0.6 is 11.3 Å². The molecule has 0 aliphatic heterocycles. The first-order valence-corrected chi connectivity index (χ1v) is 8.57. The molecule has 0 unspecified atom stereocenters. The van der Waals surface area contributed by atoms with Crippen LogP contribution in [0.15, 0.2) is 24.3 Å². The van der Waals surface area contributed by atoms with Gasteiger partial charge in [-0.3, -0.25) is 9.59 Å². The summed E-state index contributed by atoms with van der Waals surface area (Å²) < 4.78 is 1.17. The van der Waals surface area contributed by atoms with Crippen molar-refractivity contribution in [2.24, 2.45) is 0 Å². The van der Waals surface area contributed by atoms with Crippen LogP contribution in [0.1, 0.15) is 38.6 Å². The second-order valence-corrected chi connectivity index (χ2v) is 7.62. The molecule has 124 valence electrons. The fourth-order valence-corrected chi connectivity index (χ4v) is 3.17. The SMILES string of the molecule is CC(C)(C)NC(=O)CNC(=O)CCCc1nc2ccccc2s1. The van der Waals surface area contributed by atoms with E-state index in [1.54, 1.807) is 11.3 Å². The zero-order valence-electron chi connectivity index (χ0n) is 13.8. The third-order valence-electron chi connectivity index (χ3n) is 3.09. The van der Waals surface area contributed by atoms with Gasteiger partial charge in [0.05, 0.1) is 21.8 Å². The number of benzene rings is 1. The van der Waals surface area contributed by atoms with Crippen molar-refractivity contribution in [2.45, 2.75) is 45.6 Å². The molecule has 0 atom stereocenters. The lowest BCUT2D eigenvalue weighted by molar-refractivity contribution is -0.126. The molecule has 2 aromatic rings. The highest BCUT2D eigenvalue weighted by atomic mass is 32.1. The molecule has 1 heterocycles. The molecule has 0 aliphatic carbocycles. The molecule has 0 spiro atoms. The maximum Gasteiger partial charge on any atom is 0.239 e. The number of hydrogen-bond acceptors (Lipinski definition) is 4. The topological polar surface area (TPSA) is 71.1 Å². The molecule has 0 aliphatic rings. The summed E-state index contributed by atoms with van der Waals surface area (Å²) in [6.45, 7) is 5.75. The Morgan fingerprint density at radius 1 is 1.17 bits per heavy atom. The largest absolute Gasteiger partial charge is 0.350 e. The van der Waals surface area contributed by atoms with Crippen molar-refractivity contribution >= 4 is 33.4 Å². The maximum absolute atomic E-state index is 11.8. The van der Waals surface area contributed by atoms with Crippen molar-refractivity contribution < 1.29 is 9.59 Å². The summed E-state index contributed by atoms with van der Waals surface area (Å²) >= 11 is 1.67. The Balaban J connectivity index is 1.69. The van der Waals surface area contributed by atoms with Gasteiger partial charge in [0.25, 0.3) is 0 Å². The van der Waals surface area contributed by atoms with Crippen LogP contribution in [0.4, 0.5) is 0 Å². The van der Waals surface area contributed by atoms with Gasteiger partial charge in [0, 0.05) is 12.0 Å². The summed E-state index contributed by atoms with van der Waals surface area (Å²) in [6.07, 6.45) is 1.91. The molecule has 2 N–H and O–H groups in total. The number of aromatic nitrogens is 1. The van der Waals surface area contributed by atoms with Gasteiger partial charge in [-0.25, -0.2) is 4.98 Å². The molecule has 1 aromatic carbocycles. The van der Waals surface area contributed by atoms with Gasteiger partial charge in [-0.05, 0) is 45.7 Å².